The Morgan fingerprint density at radius 2 is 1.89 bits per heavy atom. The third-order valence-electron chi connectivity index (χ3n) is 2.23. The van der Waals surface area contributed by atoms with Crippen molar-refractivity contribution in [3.05, 3.63) is 35.4 Å². The molecule has 0 bridgehead atoms. The summed E-state index contributed by atoms with van der Waals surface area (Å²) >= 11 is 0. The van der Waals surface area contributed by atoms with Gasteiger partial charge in [0.25, 0.3) is 5.91 Å². The summed E-state index contributed by atoms with van der Waals surface area (Å²) in [4.78, 5) is 21.9. The Kier molecular flexibility index (Phi) is 5.46. The summed E-state index contributed by atoms with van der Waals surface area (Å²) in [5.74, 6) is 5.76. The zero-order chi connectivity index (χ0) is 13.4. The molecule has 0 aromatic heterocycles. The normalized spacial score (nSPS) is 9.00. The van der Waals surface area contributed by atoms with E-state index in [9.17, 15) is 9.59 Å². The number of hydrogen-bond acceptors (Lipinski definition) is 2. The molecule has 0 unspecified atom stereocenters. The molecule has 1 rings (SSSR count). The maximum atomic E-state index is 11.3. The van der Waals surface area contributed by atoms with Crippen LogP contribution in [0.4, 0.5) is 0 Å². The van der Waals surface area contributed by atoms with E-state index in [0.717, 1.165) is 5.56 Å². The molecule has 2 N–H and O–H groups in total. The zero-order valence-electron chi connectivity index (χ0n) is 10.5. The molecule has 0 atom stereocenters. The van der Waals surface area contributed by atoms with Gasteiger partial charge in [0.1, 0.15) is 0 Å². The van der Waals surface area contributed by atoms with Crippen LogP contribution >= 0.6 is 0 Å². The lowest BCUT2D eigenvalue weighted by Crippen LogP contribution is -2.20. The van der Waals surface area contributed by atoms with E-state index in [2.05, 4.69) is 22.5 Å². The zero-order valence-corrected chi connectivity index (χ0v) is 10.5. The summed E-state index contributed by atoms with van der Waals surface area (Å²) in [6, 6.07) is 7.07. The van der Waals surface area contributed by atoms with Gasteiger partial charge in [0, 0.05) is 38.1 Å². The van der Waals surface area contributed by atoms with Gasteiger partial charge >= 0.3 is 0 Å². The van der Waals surface area contributed by atoms with E-state index >= 15 is 0 Å². The van der Waals surface area contributed by atoms with Crippen molar-refractivity contribution in [3.63, 3.8) is 0 Å². The Morgan fingerprint density at radius 3 is 2.44 bits per heavy atom. The number of amides is 2. The highest BCUT2D eigenvalue weighted by Crippen LogP contribution is 2.02. The van der Waals surface area contributed by atoms with Crippen molar-refractivity contribution in [1.82, 2.24) is 10.6 Å². The second-order valence-corrected chi connectivity index (χ2v) is 3.69. The van der Waals surface area contributed by atoms with E-state index in [1.165, 1.54) is 6.92 Å². The molecule has 1 aromatic rings. The molecule has 18 heavy (non-hydrogen) atoms. The standard InChI is InChI=1S/C14H16N2O2/c1-11(17)16-10-4-3-5-12-6-8-13(9-7-12)14(18)15-2/h6-9H,4,10H2,1-2H3,(H,15,18)(H,16,17). The van der Waals surface area contributed by atoms with E-state index in [1.807, 2.05) is 0 Å². The number of carbonyl (C=O) groups excluding carboxylic acids is 2. The highest BCUT2D eigenvalue weighted by atomic mass is 16.2. The van der Waals surface area contributed by atoms with Gasteiger partial charge in [-0.25, -0.2) is 0 Å². The second kappa shape index (κ2) is 7.13. The van der Waals surface area contributed by atoms with E-state index in [-0.39, 0.29) is 11.8 Å². The lowest BCUT2D eigenvalue weighted by Gasteiger charge is -1.98. The first kappa shape index (κ1) is 13.8. The van der Waals surface area contributed by atoms with Crippen LogP contribution in [0.3, 0.4) is 0 Å². The van der Waals surface area contributed by atoms with Crippen LogP contribution in [0.15, 0.2) is 24.3 Å². The molecule has 0 heterocycles. The van der Waals surface area contributed by atoms with Crippen molar-refractivity contribution >= 4 is 11.8 Å². The summed E-state index contributed by atoms with van der Waals surface area (Å²) in [7, 11) is 1.60. The minimum Gasteiger partial charge on any atom is -0.355 e. The molecule has 4 nitrogen and oxygen atoms in total. The second-order valence-electron chi connectivity index (χ2n) is 3.69. The van der Waals surface area contributed by atoms with E-state index < -0.39 is 0 Å². The molecule has 0 fully saturated rings. The first-order valence-electron chi connectivity index (χ1n) is 5.69. The van der Waals surface area contributed by atoms with Crippen molar-refractivity contribution in [1.29, 1.82) is 0 Å². The number of nitrogens with one attached hydrogen (secondary N) is 2. The Hall–Kier alpha value is -2.28. The number of carbonyl (C=O) groups is 2. The minimum atomic E-state index is -0.111. The third-order valence-corrected chi connectivity index (χ3v) is 2.23. The monoisotopic (exact) mass is 244 g/mol. The summed E-state index contributed by atoms with van der Waals surface area (Å²) in [5.41, 5.74) is 1.46. The highest BCUT2D eigenvalue weighted by molar-refractivity contribution is 5.94. The van der Waals surface area contributed by atoms with Crippen LogP contribution in [0, 0.1) is 11.8 Å². The van der Waals surface area contributed by atoms with Gasteiger partial charge < -0.3 is 10.6 Å². The first-order chi connectivity index (χ1) is 8.63. The maximum Gasteiger partial charge on any atom is 0.251 e. The predicted octanol–water partition coefficient (Wildman–Crippen LogP) is 0.924. The lowest BCUT2D eigenvalue weighted by atomic mass is 10.1. The Morgan fingerprint density at radius 1 is 1.22 bits per heavy atom. The van der Waals surface area contributed by atoms with Crippen LogP contribution in [-0.4, -0.2) is 25.4 Å². The van der Waals surface area contributed by atoms with Crippen LogP contribution in [0.5, 0.6) is 0 Å². The van der Waals surface area contributed by atoms with Crippen molar-refractivity contribution in [2.45, 2.75) is 13.3 Å². The van der Waals surface area contributed by atoms with Gasteiger partial charge in [-0.3, -0.25) is 9.59 Å². The molecular formula is C14H16N2O2. The van der Waals surface area contributed by atoms with Crippen molar-refractivity contribution in [3.8, 4) is 11.8 Å². The van der Waals surface area contributed by atoms with Crippen LogP contribution in [0.2, 0.25) is 0 Å². The van der Waals surface area contributed by atoms with Crippen molar-refractivity contribution in [2.75, 3.05) is 13.6 Å². The van der Waals surface area contributed by atoms with Gasteiger partial charge in [0.05, 0.1) is 0 Å². The average molecular weight is 244 g/mol. The summed E-state index contributed by atoms with van der Waals surface area (Å²) < 4.78 is 0. The van der Waals surface area contributed by atoms with Crippen LogP contribution in [-0.2, 0) is 4.79 Å². The first-order valence-corrected chi connectivity index (χ1v) is 5.69. The molecular weight excluding hydrogens is 228 g/mol. The van der Waals surface area contributed by atoms with Gasteiger partial charge in [-0.1, -0.05) is 11.8 Å². The fraction of sp³-hybridized carbons (Fsp3) is 0.286. The minimum absolute atomic E-state index is 0.0493. The Labute approximate surface area is 107 Å². The molecule has 2 amide bonds. The van der Waals surface area contributed by atoms with E-state index in [0.29, 0.717) is 18.5 Å². The predicted molar refractivity (Wildman–Crippen MR) is 70.0 cm³/mol. The molecule has 0 radical (unpaired) electrons. The molecule has 0 spiro atoms. The van der Waals surface area contributed by atoms with Gasteiger partial charge in [-0.05, 0) is 24.3 Å². The summed E-state index contributed by atoms with van der Waals surface area (Å²) in [5, 5.41) is 5.23. The van der Waals surface area contributed by atoms with Gasteiger partial charge in [0.2, 0.25) is 5.91 Å². The molecule has 0 aliphatic heterocycles. The largest absolute Gasteiger partial charge is 0.355 e. The van der Waals surface area contributed by atoms with E-state index in [1.54, 1.807) is 31.3 Å². The van der Waals surface area contributed by atoms with Crippen LogP contribution in [0.25, 0.3) is 0 Å². The topological polar surface area (TPSA) is 58.2 Å². The quantitative estimate of drug-likeness (QED) is 0.613. The van der Waals surface area contributed by atoms with E-state index in [4.69, 9.17) is 0 Å². The maximum absolute atomic E-state index is 11.3. The Bertz CT molecular complexity index is 481. The third kappa shape index (κ3) is 4.71. The van der Waals surface area contributed by atoms with Crippen molar-refractivity contribution in [2.24, 2.45) is 0 Å². The average Bonchev–Trinajstić information content (AvgIpc) is 2.38. The lowest BCUT2D eigenvalue weighted by molar-refractivity contribution is -0.118. The van der Waals surface area contributed by atoms with Crippen molar-refractivity contribution < 1.29 is 9.59 Å². The smallest absolute Gasteiger partial charge is 0.251 e. The highest BCUT2D eigenvalue weighted by Gasteiger charge is 2.00. The molecule has 0 saturated heterocycles. The summed E-state index contributed by atoms with van der Waals surface area (Å²) in [6.07, 6.45) is 0.608. The van der Waals surface area contributed by atoms with Crippen LogP contribution in [0.1, 0.15) is 29.3 Å². The molecule has 0 aliphatic rings. The fourth-order valence-electron chi connectivity index (χ4n) is 1.31. The molecule has 1 aromatic carbocycles. The fourth-order valence-corrected chi connectivity index (χ4v) is 1.31. The van der Waals surface area contributed by atoms with Crippen LogP contribution < -0.4 is 10.6 Å². The number of rotatable bonds is 3. The molecule has 94 valence electrons. The number of benzene rings is 1. The van der Waals surface area contributed by atoms with Gasteiger partial charge in [-0.15, -0.1) is 0 Å². The molecule has 4 heteroatoms. The van der Waals surface area contributed by atoms with Gasteiger partial charge in [0.15, 0.2) is 0 Å². The summed E-state index contributed by atoms with van der Waals surface area (Å²) in [6.45, 7) is 2.03. The van der Waals surface area contributed by atoms with Gasteiger partial charge in [-0.2, -0.15) is 0 Å². The Balaban J connectivity index is 2.51. The SMILES string of the molecule is CNC(=O)c1ccc(C#CCCNC(C)=O)cc1. The molecule has 0 aliphatic carbocycles. The molecule has 0 saturated carbocycles. The number of hydrogen-bond donors (Lipinski definition) is 2.